The van der Waals surface area contributed by atoms with Gasteiger partial charge >= 0.3 is 5.97 Å². The van der Waals surface area contributed by atoms with Crippen LogP contribution in [0.2, 0.25) is 0 Å². The fourth-order valence-corrected chi connectivity index (χ4v) is 1.66. The van der Waals surface area contributed by atoms with Crippen molar-refractivity contribution in [3.8, 4) is 11.5 Å². The third kappa shape index (κ3) is 2.45. The number of methoxy groups -OCH3 is 1. The van der Waals surface area contributed by atoms with Crippen LogP contribution in [0.15, 0.2) is 6.07 Å². The average molecular weight is 252 g/mol. The summed E-state index contributed by atoms with van der Waals surface area (Å²) in [6, 6.07) is 1.45. The maximum atomic E-state index is 11.9. The number of esters is 1. The number of hydrogen-bond acceptors (Lipinski definition) is 5. The Balaban J connectivity index is 3.30. The minimum absolute atomic E-state index is 0.0320. The molecule has 1 aromatic carbocycles. The first-order chi connectivity index (χ1) is 8.43. The number of benzene rings is 1. The number of phenols is 1. The highest BCUT2D eigenvalue weighted by Gasteiger charge is 2.23. The molecule has 0 fully saturated rings. The monoisotopic (exact) mass is 252 g/mol. The van der Waals surface area contributed by atoms with E-state index in [-0.39, 0.29) is 23.7 Å². The van der Waals surface area contributed by atoms with Gasteiger partial charge in [-0.15, -0.1) is 0 Å². The normalized spacial score (nSPS) is 10.0. The lowest BCUT2D eigenvalue weighted by Gasteiger charge is -2.13. The third-order valence-corrected chi connectivity index (χ3v) is 2.60. The molecule has 98 valence electrons. The van der Waals surface area contributed by atoms with Crippen molar-refractivity contribution in [1.82, 2.24) is 0 Å². The Morgan fingerprint density at radius 1 is 1.33 bits per heavy atom. The van der Waals surface area contributed by atoms with Crippen LogP contribution in [0.25, 0.3) is 0 Å². The SMILES string of the molecule is CCOC(=O)C(=O)c1cc(C)c(O)c(OC)c1C. The van der Waals surface area contributed by atoms with Gasteiger partial charge in [-0.25, -0.2) is 4.79 Å². The maximum Gasteiger partial charge on any atom is 0.379 e. The molecule has 0 bridgehead atoms. The van der Waals surface area contributed by atoms with Crippen molar-refractivity contribution in [2.45, 2.75) is 20.8 Å². The van der Waals surface area contributed by atoms with E-state index >= 15 is 0 Å². The van der Waals surface area contributed by atoms with Crippen LogP contribution in [0.4, 0.5) is 0 Å². The van der Waals surface area contributed by atoms with Crippen molar-refractivity contribution in [2.24, 2.45) is 0 Å². The van der Waals surface area contributed by atoms with Gasteiger partial charge in [-0.3, -0.25) is 4.79 Å². The molecule has 1 rings (SSSR count). The number of hydrogen-bond donors (Lipinski definition) is 1. The lowest BCUT2D eigenvalue weighted by molar-refractivity contribution is -0.137. The summed E-state index contributed by atoms with van der Waals surface area (Å²) in [6.07, 6.45) is 0. The molecule has 5 nitrogen and oxygen atoms in total. The lowest BCUT2D eigenvalue weighted by atomic mass is 9.99. The summed E-state index contributed by atoms with van der Waals surface area (Å²) in [5.74, 6) is -1.48. The minimum atomic E-state index is -0.909. The van der Waals surface area contributed by atoms with Gasteiger partial charge in [0.25, 0.3) is 5.78 Å². The summed E-state index contributed by atoms with van der Waals surface area (Å²) < 4.78 is 9.70. The number of carbonyl (C=O) groups is 2. The van der Waals surface area contributed by atoms with Crippen LogP contribution in [-0.4, -0.2) is 30.6 Å². The second-order valence-corrected chi connectivity index (χ2v) is 3.80. The van der Waals surface area contributed by atoms with Crippen molar-refractivity contribution in [2.75, 3.05) is 13.7 Å². The molecule has 1 N–H and O–H groups in total. The predicted molar refractivity (Wildman–Crippen MR) is 65.1 cm³/mol. The van der Waals surface area contributed by atoms with Crippen LogP contribution >= 0.6 is 0 Å². The maximum absolute atomic E-state index is 11.9. The first kappa shape index (κ1) is 14.0. The van der Waals surface area contributed by atoms with E-state index in [1.807, 2.05) is 0 Å². The molecule has 0 radical (unpaired) electrons. The van der Waals surface area contributed by atoms with E-state index in [2.05, 4.69) is 4.74 Å². The average Bonchev–Trinajstić information content (AvgIpc) is 2.34. The Morgan fingerprint density at radius 2 is 1.94 bits per heavy atom. The van der Waals surface area contributed by atoms with E-state index in [9.17, 15) is 14.7 Å². The predicted octanol–water partition coefficient (Wildman–Crippen LogP) is 1.76. The van der Waals surface area contributed by atoms with Crippen LogP contribution in [0, 0.1) is 13.8 Å². The minimum Gasteiger partial charge on any atom is -0.504 e. The van der Waals surface area contributed by atoms with Crippen molar-refractivity contribution in [3.05, 3.63) is 22.8 Å². The van der Waals surface area contributed by atoms with Gasteiger partial charge in [0.05, 0.1) is 13.7 Å². The zero-order valence-corrected chi connectivity index (χ0v) is 10.9. The number of ether oxygens (including phenoxy) is 2. The Bertz CT molecular complexity index is 491. The summed E-state index contributed by atoms with van der Waals surface area (Å²) in [5, 5.41) is 9.77. The number of Topliss-reactive ketones (excluding diaryl/α,β-unsaturated/α-hetero) is 1. The van der Waals surface area contributed by atoms with Crippen LogP contribution < -0.4 is 4.74 Å². The second-order valence-electron chi connectivity index (χ2n) is 3.80. The topological polar surface area (TPSA) is 72.8 Å². The molecular weight excluding hydrogens is 236 g/mol. The molecule has 0 atom stereocenters. The number of ketones is 1. The zero-order chi connectivity index (χ0) is 13.9. The molecule has 0 aliphatic heterocycles. The van der Waals surface area contributed by atoms with Gasteiger partial charge in [0.15, 0.2) is 11.5 Å². The summed E-state index contributed by atoms with van der Waals surface area (Å²) in [7, 11) is 1.39. The number of phenolic OH excluding ortho intramolecular Hbond substituents is 1. The van der Waals surface area contributed by atoms with Crippen molar-refractivity contribution < 1.29 is 24.2 Å². The van der Waals surface area contributed by atoms with E-state index in [0.717, 1.165) is 0 Å². The molecule has 0 aromatic heterocycles. The summed E-state index contributed by atoms with van der Waals surface area (Å²) in [4.78, 5) is 23.3. The van der Waals surface area contributed by atoms with Gasteiger partial charge in [0.1, 0.15) is 0 Å². The largest absolute Gasteiger partial charge is 0.504 e. The zero-order valence-electron chi connectivity index (χ0n) is 10.9. The van der Waals surface area contributed by atoms with E-state index < -0.39 is 11.8 Å². The molecule has 0 aliphatic rings. The molecule has 0 unspecified atom stereocenters. The molecule has 0 saturated carbocycles. The van der Waals surface area contributed by atoms with E-state index in [1.54, 1.807) is 20.8 Å². The Hall–Kier alpha value is -2.04. The summed E-state index contributed by atoms with van der Waals surface area (Å²) >= 11 is 0. The standard InChI is InChI=1S/C13H16O5/c1-5-18-13(16)11(15)9-6-7(2)10(14)12(17-4)8(9)3/h6,14H,5H2,1-4H3. The van der Waals surface area contributed by atoms with Crippen molar-refractivity contribution >= 4 is 11.8 Å². The molecule has 5 heteroatoms. The number of aromatic hydroxyl groups is 1. The highest BCUT2D eigenvalue weighted by atomic mass is 16.5. The quantitative estimate of drug-likeness (QED) is 0.502. The van der Waals surface area contributed by atoms with Crippen molar-refractivity contribution in [3.63, 3.8) is 0 Å². The fourth-order valence-electron chi connectivity index (χ4n) is 1.66. The van der Waals surface area contributed by atoms with Gasteiger partial charge in [-0.05, 0) is 32.4 Å². The molecule has 0 saturated heterocycles. The Labute approximate surface area is 105 Å². The highest BCUT2D eigenvalue weighted by molar-refractivity contribution is 6.41. The highest BCUT2D eigenvalue weighted by Crippen LogP contribution is 2.35. The number of rotatable bonds is 4. The molecule has 0 amide bonds. The Kier molecular flexibility index (Phi) is 4.31. The molecule has 0 spiro atoms. The third-order valence-electron chi connectivity index (χ3n) is 2.60. The van der Waals surface area contributed by atoms with E-state index in [0.29, 0.717) is 11.1 Å². The van der Waals surface area contributed by atoms with Gasteiger partial charge in [0.2, 0.25) is 0 Å². The number of aryl methyl sites for hydroxylation is 1. The van der Waals surface area contributed by atoms with Crippen LogP contribution in [0.1, 0.15) is 28.4 Å². The molecule has 18 heavy (non-hydrogen) atoms. The fraction of sp³-hybridized carbons (Fsp3) is 0.385. The van der Waals surface area contributed by atoms with Gasteiger partial charge in [0, 0.05) is 11.1 Å². The number of carbonyl (C=O) groups excluding carboxylic acids is 2. The van der Waals surface area contributed by atoms with Gasteiger partial charge in [-0.1, -0.05) is 0 Å². The van der Waals surface area contributed by atoms with Crippen molar-refractivity contribution in [1.29, 1.82) is 0 Å². The smallest absolute Gasteiger partial charge is 0.379 e. The summed E-state index contributed by atoms with van der Waals surface area (Å²) in [5.41, 5.74) is 1.06. The first-order valence-corrected chi connectivity index (χ1v) is 5.52. The van der Waals surface area contributed by atoms with Crippen LogP contribution in [0.5, 0.6) is 11.5 Å². The molecule has 0 aliphatic carbocycles. The van der Waals surface area contributed by atoms with E-state index in [1.165, 1.54) is 13.2 Å². The van der Waals surface area contributed by atoms with E-state index in [4.69, 9.17) is 4.74 Å². The molecule has 1 aromatic rings. The second kappa shape index (κ2) is 5.53. The molecular formula is C13H16O5. The molecule has 0 heterocycles. The summed E-state index contributed by atoms with van der Waals surface area (Å²) in [6.45, 7) is 4.99. The Morgan fingerprint density at radius 3 is 2.44 bits per heavy atom. The van der Waals surface area contributed by atoms with Crippen LogP contribution in [0.3, 0.4) is 0 Å². The lowest BCUT2D eigenvalue weighted by Crippen LogP contribution is -2.19. The van der Waals surface area contributed by atoms with Gasteiger partial charge in [-0.2, -0.15) is 0 Å². The van der Waals surface area contributed by atoms with Crippen LogP contribution in [-0.2, 0) is 9.53 Å². The van der Waals surface area contributed by atoms with Gasteiger partial charge < -0.3 is 14.6 Å². The first-order valence-electron chi connectivity index (χ1n) is 5.52.